The zero-order chi connectivity index (χ0) is 21.6. The first-order chi connectivity index (χ1) is 14.4. The highest BCUT2D eigenvalue weighted by molar-refractivity contribution is 7.92. The number of hydrogen-bond acceptors (Lipinski definition) is 4. The number of anilines is 2. The maximum atomic E-state index is 13.7. The van der Waals surface area contributed by atoms with Gasteiger partial charge in [0.25, 0.3) is 10.0 Å². The molecule has 3 aromatic rings. The third-order valence-electron chi connectivity index (χ3n) is 4.10. The maximum Gasteiger partial charge on any atom is 0.261 e. The number of sulfonamides is 1. The van der Waals surface area contributed by atoms with Crippen LogP contribution < -0.4 is 14.8 Å². The van der Waals surface area contributed by atoms with E-state index in [0.29, 0.717) is 11.4 Å². The van der Waals surface area contributed by atoms with Crippen LogP contribution in [0.4, 0.5) is 15.8 Å². The number of para-hydroxylation sites is 2. The molecule has 0 aliphatic rings. The molecule has 1 amide bonds. The first-order valence-corrected chi connectivity index (χ1v) is 10.4. The van der Waals surface area contributed by atoms with Gasteiger partial charge in [0.15, 0.2) is 0 Å². The summed E-state index contributed by atoms with van der Waals surface area (Å²) in [7, 11) is -2.42. The lowest BCUT2D eigenvalue weighted by Gasteiger charge is -2.09. The van der Waals surface area contributed by atoms with Crippen molar-refractivity contribution in [2.75, 3.05) is 17.1 Å². The fourth-order valence-corrected chi connectivity index (χ4v) is 3.69. The van der Waals surface area contributed by atoms with Crippen molar-refractivity contribution in [2.45, 2.75) is 4.90 Å². The van der Waals surface area contributed by atoms with E-state index in [9.17, 15) is 17.6 Å². The topological polar surface area (TPSA) is 84.5 Å². The molecule has 0 heterocycles. The Bertz CT molecular complexity index is 1180. The summed E-state index contributed by atoms with van der Waals surface area (Å²) in [5, 5.41) is 2.65. The second kappa shape index (κ2) is 9.23. The van der Waals surface area contributed by atoms with E-state index in [1.165, 1.54) is 48.5 Å². The highest BCUT2D eigenvalue weighted by Crippen LogP contribution is 2.21. The molecule has 0 atom stereocenters. The van der Waals surface area contributed by atoms with Crippen LogP contribution in [0.1, 0.15) is 5.56 Å². The number of halogens is 1. The molecule has 0 spiro atoms. The molecule has 0 aliphatic carbocycles. The molecule has 0 fully saturated rings. The molecule has 0 bridgehead atoms. The Morgan fingerprint density at radius 1 is 0.967 bits per heavy atom. The molecule has 30 heavy (non-hydrogen) atoms. The highest BCUT2D eigenvalue weighted by Gasteiger charge is 2.16. The van der Waals surface area contributed by atoms with E-state index in [1.54, 1.807) is 19.3 Å². The fraction of sp³-hybridized carbons (Fsp3) is 0.0455. The number of amides is 1. The van der Waals surface area contributed by atoms with Gasteiger partial charge in [-0.2, -0.15) is 0 Å². The van der Waals surface area contributed by atoms with Gasteiger partial charge < -0.3 is 10.1 Å². The second-order valence-corrected chi connectivity index (χ2v) is 7.86. The van der Waals surface area contributed by atoms with Gasteiger partial charge in [-0.3, -0.25) is 9.52 Å². The minimum absolute atomic E-state index is 0.0617. The molecular formula is C22H19FN2O4S. The fourth-order valence-electron chi connectivity index (χ4n) is 2.62. The maximum absolute atomic E-state index is 13.7. The van der Waals surface area contributed by atoms with Gasteiger partial charge in [-0.25, -0.2) is 12.8 Å². The summed E-state index contributed by atoms with van der Waals surface area (Å²) < 4.78 is 46.0. The van der Waals surface area contributed by atoms with E-state index in [1.807, 2.05) is 18.2 Å². The largest absolute Gasteiger partial charge is 0.496 e. The summed E-state index contributed by atoms with van der Waals surface area (Å²) in [6.45, 7) is 0. The Kier molecular flexibility index (Phi) is 6.48. The highest BCUT2D eigenvalue weighted by atomic mass is 32.2. The van der Waals surface area contributed by atoms with E-state index in [4.69, 9.17) is 4.74 Å². The Morgan fingerprint density at radius 2 is 1.63 bits per heavy atom. The van der Waals surface area contributed by atoms with Crippen molar-refractivity contribution in [3.63, 3.8) is 0 Å². The monoisotopic (exact) mass is 426 g/mol. The number of hydrogen-bond donors (Lipinski definition) is 2. The number of carbonyl (C=O) groups excluding carboxylic acids is 1. The molecule has 8 heteroatoms. The second-order valence-electron chi connectivity index (χ2n) is 6.17. The minimum Gasteiger partial charge on any atom is -0.496 e. The van der Waals surface area contributed by atoms with Crippen LogP contribution in [0.5, 0.6) is 5.75 Å². The number of benzene rings is 3. The zero-order valence-corrected chi connectivity index (χ0v) is 16.8. The van der Waals surface area contributed by atoms with Crippen molar-refractivity contribution in [1.82, 2.24) is 0 Å². The molecule has 3 rings (SSSR count). The minimum atomic E-state index is -3.97. The van der Waals surface area contributed by atoms with Gasteiger partial charge >= 0.3 is 0 Å². The van der Waals surface area contributed by atoms with Gasteiger partial charge in [-0.15, -0.1) is 0 Å². The van der Waals surface area contributed by atoms with Crippen molar-refractivity contribution in [3.05, 3.63) is 90.3 Å². The Morgan fingerprint density at radius 3 is 2.33 bits per heavy atom. The van der Waals surface area contributed by atoms with Gasteiger partial charge in [-0.05, 0) is 48.5 Å². The molecule has 0 saturated carbocycles. The van der Waals surface area contributed by atoms with Gasteiger partial charge in [0.05, 0.1) is 17.7 Å². The van der Waals surface area contributed by atoms with Crippen molar-refractivity contribution in [2.24, 2.45) is 0 Å². The van der Waals surface area contributed by atoms with Gasteiger partial charge in [0.2, 0.25) is 5.91 Å². The molecule has 6 nitrogen and oxygen atoms in total. The Labute approximate surface area is 174 Å². The standard InChI is InChI=1S/C22H19FN2O4S/c1-29-21-9-5-2-6-16(21)10-15-22(26)24-17-11-13-18(14-12-17)30(27,28)25-20-8-4-3-7-19(20)23/h2-15,25H,1H3,(H,24,26)/b15-10+. The van der Waals surface area contributed by atoms with Crippen molar-refractivity contribution in [3.8, 4) is 5.75 Å². The van der Waals surface area contributed by atoms with Crippen LogP contribution in [0.3, 0.4) is 0 Å². The van der Waals surface area contributed by atoms with Crippen molar-refractivity contribution < 1.29 is 22.3 Å². The molecule has 0 aromatic heterocycles. The molecule has 2 N–H and O–H groups in total. The lowest BCUT2D eigenvalue weighted by Crippen LogP contribution is -2.14. The summed E-state index contributed by atoms with van der Waals surface area (Å²) in [5.41, 5.74) is 1.02. The average molecular weight is 426 g/mol. The van der Waals surface area contributed by atoms with Crippen LogP contribution in [0.25, 0.3) is 6.08 Å². The molecular weight excluding hydrogens is 407 g/mol. The van der Waals surface area contributed by atoms with E-state index in [-0.39, 0.29) is 16.5 Å². The molecule has 3 aromatic carbocycles. The van der Waals surface area contributed by atoms with Crippen LogP contribution in [0.15, 0.2) is 83.8 Å². The van der Waals surface area contributed by atoms with Gasteiger partial charge in [0, 0.05) is 17.3 Å². The van der Waals surface area contributed by atoms with Crippen LogP contribution in [0.2, 0.25) is 0 Å². The first-order valence-electron chi connectivity index (χ1n) is 8.88. The average Bonchev–Trinajstić information content (AvgIpc) is 2.74. The smallest absolute Gasteiger partial charge is 0.261 e. The summed E-state index contributed by atoms with van der Waals surface area (Å²) in [4.78, 5) is 12.1. The third-order valence-corrected chi connectivity index (χ3v) is 5.48. The lowest BCUT2D eigenvalue weighted by atomic mass is 10.2. The molecule has 0 aliphatic heterocycles. The van der Waals surface area contributed by atoms with Crippen LogP contribution in [-0.4, -0.2) is 21.4 Å². The van der Waals surface area contributed by atoms with Gasteiger partial charge in [-0.1, -0.05) is 30.3 Å². The summed E-state index contributed by atoms with van der Waals surface area (Å²) in [5.74, 6) is -0.425. The molecule has 0 saturated heterocycles. The summed E-state index contributed by atoms with van der Waals surface area (Å²) >= 11 is 0. The summed E-state index contributed by atoms with van der Waals surface area (Å²) in [6.07, 6.45) is 2.97. The summed E-state index contributed by atoms with van der Waals surface area (Å²) in [6, 6.07) is 18.3. The van der Waals surface area contributed by atoms with E-state index in [0.717, 1.165) is 11.6 Å². The zero-order valence-electron chi connectivity index (χ0n) is 16.0. The number of carbonyl (C=O) groups is 1. The van der Waals surface area contributed by atoms with E-state index in [2.05, 4.69) is 10.0 Å². The molecule has 0 unspecified atom stereocenters. The normalized spacial score (nSPS) is 11.3. The Balaban J connectivity index is 1.67. The van der Waals surface area contributed by atoms with Crippen LogP contribution in [0, 0.1) is 5.82 Å². The van der Waals surface area contributed by atoms with Crippen LogP contribution >= 0.6 is 0 Å². The quantitative estimate of drug-likeness (QED) is 0.552. The lowest BCUT2D eigenvalue weighted by molar-refractivity contribution is -0.111. The van der Waals surface area contributed by atoms with Crippen molar-refractivity contribution >= 4 is 33.4 Å². The first kappa shape index (κ1) is 21.1. The van der Waals surface area contributed by atoms with Crippen molar-refractivity contribution in [1.29, 1.82) is 0 Å². The third kappa shape index (κ3) is 5.24. The van der Waals surface area contributed by atoms with Gasteiger partial charge in [0.1, 0.15) is 11.6 Å². The van der Waals surface area contributed by atoms with E-state index < -0.39 is 15.8 Å². The predicted molar refractivity (Wildman–Crippen MR) is 114 cm³/mol. The van der Waals surface area contributed by atoms with E-state index >= 15 is 0 Å². The number of nitrogens with one attached hydrogen (secondary N) is 2. The molecule has 0 radical (unpaired) electrons. The SMILES string of the molecule is COc1ccccc1/C=C/C(=O)Nc1ccc(S(=O)(=O)Nc2ccccc2F)cc1. The number of rotatable bonds is 7. The number of ether oxygens (including phenoxy) is 1. The number of methoxy groups -OCH3 is 1. The predicted octanol–water partition coefficient (Wildman–Crippen LogP) is 4.29. The molecule has 154 valence electrons. The Hall–Kier alpha value is -3.65. The van der Waals surface area contributed by atoms with Crippen LogP contribution in [-0.2, 0) is 14.8 Å².